The molecule has 3 rings (SSSR count). The summed E-state index contributed by atoms with van der Waals surface area (Å²) >= 11 is 0. The Labute approximate surface area is 158 Å². The highest BCUT2D eigenvalue weighted by atomic mass is 16.2. The summed E-state index contributed by atoms with van der Waals surface area (Å²) in [5, 5.41) is 5.65. The van der Waals surface area contributed by atoms with E-state index >= 15 is 0 Å². The average Bonchev–Trinajstić information content (AvgIpc) is 3.03. The Morgan fingerprint density at radius 2 is 1.78 bits per heavy atom. The Kier molecular flexibility index (Phi) is 5.54. The number of hydrogen-bond acceptors (Lipinski definition) is 3. The van der Waals surface area contributed by atoms with E-state index in [1.54, 1.807) is 6.07 Å². The summed E-state index contributed by atoms with van der Waals surface area (Å²) in [4.78, 5) is 32.9. The van der Waals surface area contributed by atoms with Gasteiger partial charge < -0.3 is 10.3 Å². The lowest BCUT2D eigenvalue weighted by Crippen LogP contribution is -2.44. The number of rotatable bonds is 6. The molecule has 140 valence electrons. The van der Waals surface area contributed by atoms with Crippen molar-refractivity contribution >= 4 is 28.8 Å². The molecule has 0 spiro atoms. The first kappa shape index (κ1) is 18.6. The number of nitrogens with one attached hydrogen (secondary N) is 3. The normalized spacial score (nSPS) is 12.1. The topological polar surface area (TPSA) is 86.9 Å². The van der Waals surface area contributed by atoms with Gasteiger partial charge >= 0.3 is 0 Å². The number of aromatic nitrogens is 2. The fraction of sp³-hybridized carbons (Fsp3) is 0.286. The highest BCUT2D eigenvalue weighted by Crippen LogP contribution is 2.15. The van der Waals surface area contributed by atoms with Crippen molar-refractivity contribution in [2.75, 3.05) is 5.32 Å². The maximum atomic E-state index is 12.8. The maximum Gasteiger partial charge on any atom is 0.252 e. The van der Waals surface area contributed by atoms with Gasteiger partial charge in [-0.15, -0.1) is 0 Å². The van der Waals surface area contributed by atoms with Gasteiger partial charge in [-0.2, -0.15) is 0 Å². The van der Waals surface area contributed by atoms with Crippen LogP contribution in [-0.2, 0) is 4.79 Å². The molecule has 0 aliphatic rings. The van der Waals surface area contributed by atoms with Crippen LogP contribution >= 0.6 is 0 Å². The number of carbonyl (C=O) groups excluding carboxylic acids is 2. The lowest BCUT2D eigenvalue weighted by Gasteiger charge is -2.20. The highest BCUT2D eigenvalue weighted by Gasteiger charge is 2.24. The first-order valence-electron chi connectivity index (χ1n) is 9.06. The number of aryl methyl sites for hydroxylation is 1. The molecule has 1 atom stereocenters. The van der Waals surface area contributed by atoms with Crippen molar-refractivity contribution in [1.82, 2.24) is 15.3 Å². The van der Waals surface area contributed by atoms with Gasteiger partial charge in [0.15, 0.2) is 0 Å². The third-order valence-electron chi connectivity index (χ3n) is 4.35. The van der Waals surface area contributed by atoms with Crippen LogP contribution in [0.15, 0.2) is 48.5 Å². The Bertz CT molecular complexity index is 928. The summed E-state index contributed by atoms with van der Waals surface area (Å²) in [7, 11) is 0. The van der Waals surface area contributed by atoms with Crippen LogP contribution in [0.3, 0.4) is 0 Å². The molecule has 0 fully saturated rings. The molecule has 6 nitrogen and oxygen atoms in total. The SMILES string of the molecule is Cc1ccccc1C(=O)N[C@@H](CC(C)C)C(=O)Nc1nc2ccccc2[nH]1. The van der Waals surface area contributed by atoms with Gasteiger partial charge in [-0.25, -0.2) is 4.98 Å². The van der Waals surface area contributed by atoms with E-state index in [0.29, 0.717) is 17.9 Å². The summed E-state index contributed by atoms with van der Waals surface area (Å²) in [6.45, 7) is 5.91. The number of carbonyl (C=O) groups is 2. The third-order valence-corrected chi connectivity index (χ3v) is 4.35. The molecule has 1 heterocycles. The number of aromatic amines is 1. The molecule has 1 aromatic heterocycles. The number of benzene rings is 2. The number of anilines is 1. The van der Waals surface area contributed by atoms with Crippen LogP contribution in [0, 0.1) is 12.8 Å². The summed E-state index contributed by atoms with van der Waals surface area (Å²) < 4.78 is 0. The Morgan fingerprint density at radius 3 is 2.48 bits per heavy atom. The van der Waals surface area contributed by atoms with Crippen molar-refractivity contribution in [1.29, 1.82) is 0 Å². The molecular formula is C21H24N4O2. The van der Waals surface area contributed by atoms with Gasteiger partial charge in [0.25, 0.3) is 5.91 Å². The van der Waals surface area contributed by atoms with Crippen LogP contribution in [0.4, 0.5) is 5.95 Å². The van der Waals surface area contributed by atoms with Gasteiger partial charge in [-0.3, -0.25) is 14.9 Å². The predicted octanol–water partition coefficient (Wildman–Crippen LogP) is 3.65. The van der Waals surface area contributed by atoms with Crippen molar-refractivity contribution in [3.05, 3.63) is 59.7 Å². The smallest absolute Gasteiger partial charge is 0.252 e. The molecule has 6 heteroatoms. The van der Waals surface area contributed by atoms with E-state index < -0.39 is 6.04 Å². The van der Waals surface area contributed by atoms with Crippen molar-refractivity contribution in [3.8, 4) is 0 Å². The molecule has 3 N–H and O–H groups in total. The van der Waals surface area contributed by atoms with Crippen LogP contribution in [0.1, 0.15) is 36.2 Å². The quantitative estimate of drug-likeness (QED) is 0.624. The van der Waals surface area contributed by atoms with Crippen LogP contribution in [-0.4, -0.2) is 27.8 Å². The lowest BCUT2D eigenvalue weighted by atomic mass is 10.0. The summed E-state index contributed by atoms with van der Waals surface area (Å²) in [6, 6.07) is 14.2. The highest BCUT2D eigenvalue weighted by molar-refractivity contribution is 6.01. The van der Waals surface area contributed by atoms with Gasteiger partial charge in [0.05, 0.1) is 11.0 Å². The third kappa shape index (κ3) is 4.53. The minimum atomic E-state index is -0.648. The largest absolute Gasteiger partial charge is 0.340 e. The van der Waals surface area contributed by atoms with E-state index in [9.17, 15) is 9.59 Å². The molecule has 3 aromatic rings. The summed E-state index contributed by atoms with van der Waals surface area (Å²) in [5.74, 6) is 0.0805. The number of H-pyrrole nitrogens is 1. The number of nitrogens with zero attached hydrogens (tertiary/aromatic N) is 1. The molecule has 0 saturated heterocycles. The van der Waals surface area contributed by atoms with Crippen molar-refractivity contribution < 1.29 is 9.59 Å². The number of imidazole rings is 1. The van der Waals surface area contributed by atoms with Crippen molar-refractivity contribution in [2.45, 2.75) is 33.2 Å². The van der Waals surface area contributed by atoms with Gasteiger partial charge in [-0.1, -0.05) is 44.2 Å². The number of hydrogen-bond donors (Lipinski definition) is 3. The predicted molar refractivity (Wildman–Crippen MR) is 107 cm³/mol. The second-order valence-electron chi connectivity index (χ2n) is 7.06. The van der Waals surface area contributed by atoms with E-state index in [1.165, 1.54) is 0 Å². The second kappa shape index (κ2) is 8.03. The molecule has 0 aliphatic carbocycles. The molecule has 0 unspecified atom stereocenters. The molecule has 2 amide bonds. The van der Waals surface area contributed by atoms with Crippen molar-refractivity contribution in [3.63, 3.8) is 0 Å². The zero-order valence-corrected chi connectivity index (χ0v) is 15.7. The maximum absolute atomic E-state index is 12.8. The van der Waals surface area contributed by atoms with Gasteiger partial charge in [0.1, 0.15) is 6.04 Å². The van der Waals surface area contributed by atoms with E-state index in [0.717, 1.165) is 16.6 Å². The fourth-order valence-corrected chi connectivity index (χ4v) is 2.98. The molecule has 0 radical (unpaired) electrons. The Balaban J connectivity index is 1.76. The first-order chi connectivity index (χ1) is 12.9. The average molecular weight is 364 g/mol. The molecule has 27 heavy (non-hydrogen) atoms. The van der Waals surface area contributed by atoms with Crippen LogP contribution in [0.5, 0.6) is 0 Å². The molecule has 0 aliphatic heterocycles. The van der Waals surface area contributed by atoms with E-state index in [-0.39, 0.29) is 17.7 Å². The molecule has 0 saturated carbocycles. The minimum absolute atomic E-state index is 0.244. The molecular weight excluding hydrogens is 340 g/mol. The van der Waals surface area contributed by atoms with Gasteiger partial charge in [-0.05, 0) is 43.0 Å². The standard InChI is InChI=1S/C21H24N4O2/c1-13(2)12-18(22-19(26)15-9-5-4-8-14(15)3)20(27)25-21-23-16-10-6-7-11-17(16)24-21/h4-11,13,18H,12H2,1-3H3,(H,22,26)(H2,23,24,25,27)/t18-/m0/s1. The Hall–Kier alpha value is -3.15. The van der Waals surface area contributed by atoms with E-state index in [2.05, 4.69) is 20.6 Å². The Morgan fingerprint density at radius 1 is 1.07 bits per heavy atom. The van der Waals surface area contributed by atoms with Crippen LogP contribution < -0.4 is 10.6 Å². The summed E-state index contributed by atoms with van der Waals surface area (Å²) in [6.07, 6.45) is 0.531. The van der Waals surface area contributed by atoms with Gasteiger partial charge in [0.2, 0.25) is 11.9 Å². The number of para-hydroxylation sites is 2. The summed E-state index contributed by atoms with van der Waals surface area (Å²) in [5.41, 5.74) is 3.06. The minimum Gasteiger partial charge on any atom is -0.340 e. The van der Waals surface area contributed by atoms with Crippen molar-refractivity contribution in [2.24, 2.45) is 5.92 Å². The lowest BCUT2D eigenvalue weighted by molar-refractivity contribution is -0.118. The molecule has 0 bridgehead atoms. The van der Waals surface area contributed by atoms with E-state index in [4.69, 9.17) is 0 Å². The zero-order chi connectivity index (χ0) is 19.4. The number of amides is 2. The first-order valence-corrected chi connectivity index (χ1v) is 9.06. The second-order valence-corrected chi connectivity index (χ2v) is 7.06. The van der Waals surface area contributed by atoms with Crippen LogP contribution in [0.2, 0.25) is 0 Å². The fourth-order valence-electron chi connectivity index (χ4n) is 2.98. The number of fused-ring (bicyclic) bond motifs is 1. The molecule has 2 aromatic carbocycles. The monoisotopic (exact) mass is 364 g/mol. The zero-order valence-electron chi connectivity index (χ0n) is 15.7. The van der Waals surface area contributed by atoms with E-state index in [1.807, 2.05) is 63.2 Å². The van der Waals surface area contributed by atoms with Gasteiger partial charge in [0, 0.05) is 5.56 Å². The van der Waals surface area contributed by atoms with Crippen LogP contribution in [0.25, 0.3) is 11.0 Å².